The first-order valence-electron chi connectivity index (χ1n) is 9.06. The summed E-state index contributed by atoms with van der Waals surface area (Å²) in [5.41, 5.74) is 3.50. The van der Waals surface area contributed by atoms with Gasteiger partial charge in [-0.1, -0.05) is 0 Å². The molecule has 2 heterocycles. The highest BCUT2D eigenvalue weighted by atomic mass is 32.1. The van der Waals surface area contributed by atoms with Crippen molar-refractivity contribution < 1.29 is 19.8 Å². The van der Waals surface area contributed by atoms with Crippen molar-refractivity contribution in [1.29, 1.82) is 5.26 Å². The van der Waals surface area contributed by atoms with E-state index in [0.29, 0.717) is 0 Å². The summed E-state index contributed by atoms with van der Waals surface area (Å²) in [6, 6.07) is 6.67. The third-order valence-corrected chi connectivity index (χ3v) is 5.59. The molecule has 1 aliphatic carbocycles. The molecule has 3 N–H and O–H groups in total. The molecule has 0 spiro atoms. The molecular formula is C20H25N3O4S. The molecule has 150 valence electrons. The molecule has 0 radical (unpaired) electrons. The molecule has 7 nitrogen and oxygen atoms in total. The molecule has 0 bridgehead atoms. The van der Waals surface area contributed by atoms with E-state index in [0.717, 1.165) is 30.0 Å². The molecule has 1 aliphatic rings. The summed E-state index contributed by atoms with van der Waals surface area (Å²) in [5, 5.41) is 29.1. The van der Waals surface area contributed by atoms with Crippen molar-refractivity contribution >= 4 is 23.3 Å². The maximum Gasteiger partial charge on any atom is 0.414 e. The molecule has 3 rings (SSSR count). The first-order valence-corrected chi connectivity index (χ1v) is 9.88. The number of hydrogen-bond acceptors (Lipinski definition) is 5. The molecule has 0 atom stereocenters. The minimum Gasteiger partial charge on any atom is -0.473 e. The van der Waals surface area contributed by atoms with Crippen LogP contribution in [0.5, 0.6) is 0 Å². The molecule has 0 amide bonds. The smallest absolute Gasteiger partial charge is 0.414 e. The first kappa shape index (κ1) is 21.7. The van der Waals surface area contributed by atoms with Crippen LogP contribution < -0.4 is 5.32 Å². The van der Waals surface area contributed by atoms with Gasteiger partial charge >= 0.3 is 11.9 Å². The van der Waals surface area contributed by atoms with Crippen LogP contribution in [-0.4, -0.2) is 32.3 Å². The number of carboxylic acid groups (broad SMARTS) is 2. The van der Waals surface area contributed by atoms with Gasteiger partial charge in [0.15, 0.2) is 0 Å². The Morgan fingerprint density at radius 1 is 1.25 bits per heavy atom. The Hall–Kier alpha value is -2.63. The van der Waals surface area contributed by atoms with E-state index in [-0.39, 0.29) is 5.54 Å². The van der Waals surface area contributed by atoms with E-state index in [1.54, 1.807) is 11.3 Å². The lowest BCUT2D eigenvalue weighted by atomic mass is 9.96. The van der Waals surface area contributed by atoms with E-state index in [1.807, 2.05) is 0 Å². The van der Waals surface area contributed by atoms with Crippen molar-refractivity contribution in [3.63, 3.8) is 0 Å². The van der Waals surface area contributed by atoms with Crippen molar-refractivity contribution in [2.45, 2.75) is 58.5 Å². The fourth-order valence-electron chi connectivity index (χ4n) is 2.95. The Kier molecular flexibility index (Phi) is 7.00. The molecule has 28 heavy (non-hydrogen) atoms. The monoisotopic (exact) mass is 403 g/mol. The summed E-state index contributed by atoms with van der Waals surface area (Å²) >= 11 is 1.80. The van der Waals surface area contributed by atoms with E-state index >= 15 is 0 Å². The van der Waals surface area contributed by atoms with Crippen LogP contribution in [0.1, 0.15) is 55.3 Å². The Morgan fingerprint density at radius 3 is 2.46 bits per heavy atom. The number of nitrogens with one attached hydrogen (secondary N) is 1. The van der Waals surface area contributed by atoms with Crippen molar-refractivity contribution in [1.82, 2.24) is 9.88 Å². The van der Waals surface area contributed by atoms with Gasteiger partial charge in [0.25, 0.3) is 0 Å². The van der Waals surface area contributed by atoms with Gasteiger partial charge in [-0.3, -0.25) is 0 Å². The minimum absolute atomic E-state index is 0.0852. The van der Waals surface area contributed by atoms with Crippen LogP contribution in [-0.2, 0) is 29.0 Å². The molecule has 0 saturated carbocycles. The molecule has 0 aromatic carbocycles. The first-order chi connectivity index (χ1) is 13.1. The summed E-state index contributed by atoms with van der Waals surface area (Å²) in [7, 11) is 0. The average molecular weight is 404 g/mol. The molecular weight excluding hydrogens is 378 g/mol. The minimum atomic E-state index is -1.82. The number of hydrogen-bond donors (Lipinski definition) is 3. The van der Waals surface area contributed by atoms with Gasteiger partial charge in [-0.15, -0.1) is 11.3 Å². The standard InChI is InChI=1S/C18H23N3S.C2H2O4/c1-18(2,3)20-12-13-7-6-10-21(13)17-15(11-19)14-8-4-5-9-16(14)22-17;3-1(4)2(5)6/h6-7,10,20H,4-5,8-9,12H2,1-3H3;(H,3,4)(H,5,6). The highest BCUT2D eigenvalue weighted by Crippen LogP contribution is 2.37. The van der Waals surface area contributed by atoms with Gasteiger partial charge in [0, 0.05) is 28.9 Å². The zero-order valence-corrected chi connectivity index (χ0v) is 17.1. The van der Waals surface area contributed by atoms with Crippen LogP contribution in [0.4, 0.5) is 0 Å². The third kappa shape index (κ3) is 5.44. The Labute approximate surface area is 168 Å². The molecule has 0 aliphatic heterocycles. The lowest BCUT2D eigenvalue weighted by molar-refractivity contribution is -0.159. The van der Waals surface area contributed by atoms with Crippen LogP contribution in [0.25, 0.3) is 5.00 Å². The number of carboxylic acids is 2. The molecule has 2 aromatic rings. The van der Waals surface area contributed by atoms with Crippen LogP contribution in [0.2, 0.25) is 0 Å². The largest absolute Gasteiger partial charge is 0.473 e. The van der Waals surface area contributed by atoms with Crippen LogP contribution in [0.15, 0.2) is 18.3 Å². The highest BCUT2D eigenvalue weighted by molar-refractivity contribution is 7.15. The van der Waals surface area contributed by atoms with E-state index < -0.39 is 11.9 Å². The van der Waals surface area contributed by atoms with Gasteiger partial charge in [-0.2, -0.15) is 5.26 Å². The van der Waals surface area contributed by atoms with Crippen molar-refractivity contribution in [2.75, 3.05) is 0 Å². The maximum atomic E-state index is 9.64. The van der Waals surface area contributed by atoms with Crippen LogP contribution in [0, 0.1) is 11.3 Å². The lowest BCUT2D eigenvalue weighted by Crippen LogP contribution is -2.35. The van der Waals surface area contributed by atoms with Gasteiger partial charge in [0.2, 0.25) is 0 Å². The number of nitriles is 1. The fraction of sp³-hybridized carbons (Fsp3) is 0.450. The Bertz CT molecular complexity index is 888. The Balaban J connectivity index is 0.000000409. The molecule has 8 heteroatoms. The normalized spacial score (nSPS) is 13.1. The van der Waals surface area contributed by atoms with Crippen molar-refractivity contribution in [3.05, 3.63) is 40.0 Å². The molecule has 0 saturated heterocycles. The predicted octanol–water partition coefficient (Wildman–Crippen LogP) is 3.33. The number of carbonyl (C=O) groups is 2. The predicted molar refractivity (Wildman–Crippen MR) is 107 cm³/mol. The molecule has 2 aromatic heterocycles. The second-order valence-electron chi connectivity index (χ2n) is 7.59. The topological polar surface area (TPSA) is 115 Å². The summed E-state index contributed by atoms with van der Waals surface area (Å²) in [4.78, 5) is 19.6. The highest BCUT2D eigenvalue weighted by Gasteiger charge is 2.22. The van der Waals surface area contributed by atoms with Crippen molar-refractivity contribution in [2.24, 2.45) is 0 Å². The van der Waals surface area contributed by atoms with Gasteiger partial charge in [0.05, 0.1) is 5.56 Å². The van der Waals surface area contributed by atoms with E-state index in [1.165, 1.54) is 29.0 Å². The molecule has 0 fully saturated rings. The van der Waals surface area contributed by atoms with Gasteiger partial charge in [-0.05, 0) is 64.2 Å². The lowest BCUT2D eigenvalue weighted by Gasteiger charge is -2.21. The summed E-state index contributed by atoms with van der Waals surface area (Å²) in [6.07, 6.45) is 6.73. The van der Waals surface area contributed by atoms with Crippen LogP contribution >= 0.6 is 11.3 Å². The maximum absolute atomic E-state index is 9.64. The van der Waals surface area contributed by atoms with E-state index in [2.05, 4.69) is 55.1 Å². The summed E-state index contributed by atoms with van der Waals surface area (Å²) < 4.78 is 2.19. The third-order valence-electron chi connectivity index (χ3n) is 4.30. The van der Waals surface area contributed by atoms with E-state index in [9.17, 15) is 5.26 Å². The number of aromatic nitrogens is 1. The average Bonchev–Trinajstić information content (AvgIpc) is 3.23. The van der Waals surface area contributed by atoms with Gasteiger partial charge < -0.3 is 20.1 Å². The number of aryl methyl sites for hydroxylation is 1. The van der Waals surface area contributed by atoms with Gasteiger partial charge in [0.1, 0.15) is 11.1 Å². The SMILES string of the molecule is CC(C)(C)NCc1cccn1-c1sc2c(c1C#N)CCCC2.O=C(O)C(=O)O. The number of nitrogens with zero attached hydrogens (tertiary/aromatic N) is 2. The second-order valence-corrected chi connectivity index (χ2v) is 8.67. The molecule has 0 unspecified atom stereocenters. The number of thiophene rings is 1. The van der Waals surface area contributed by atoms with Gasteiger partial charge in [-0.25, -0.2) is 9.59 Å². The van der Waals surface area contributed by atoms with E-state index in [4.69, 9.17) is 19.8 Å². The Morgan fingerprint density at radius 2 is 1.89 bits per heavy atom. The fourth-order valence-corrected chi connectivity index (χ4v) is 4.31. The summed E-state index contributed by atoms with van der Waals surface area (Å²) in [6.45, 7) is 7.32. The number of rotatable bonds is 3. The number of aliphatic carboxylic acids is 2. The van der Waals surface area contributed by atoms with Crippen molar-refractivity contribution in [3.8, 4) is 11.1 Å². The second kappa shape index (κ2) is 9.04. The quantitative estimate of drug-likeness (QED) is 0.677. The zero-order valence-electron chi connectivity index (χ0n) is 16.3. The number of fused-ring (bicyclic) bond motifs is 1. The zero-order chi connectivity index (χ0) is 20.9. The summed E-state index contributed by atoms with van der Waals surface area (Å²) in [5.74, 6) is -3.65. The van der Waals surface area contributed by atoms with Crippen LogP contribution in [0.3, 0.4) is 0 Å².